The molecule has 0 aliphatic carbocycles. The molecule has 0 aromatic carbocycles. The van der Waals surface area contributed by atoms with Gasteiger partial charge in [-0.3, -0.25) is 0 Å². The van der Waals surface area contributed by atoms with Crippen molar-refractivity contribution in [3.63, 3.8) is 0 Å². The zero-order valence-electron chi connectivity index (χ0n) is 13.1. The Morgan fingerprint density at radius 2 is 2.18 bits per heavy atom. The number of aryl methyl sites for hydroxylation is 1. The lowest BCUT2D eigenvalue weighted by atomic mass is 10.2. The number of hydrogen-bond acceptors (Lipinski definition) is 4. The van der Waals surface area contributed by atoms with Crippen molar-refractivity contribution in [2.24, 2.45) is 0 Å². The minimum Gasteiger partial charge on any atom is -0.313 e. The van der Waals surface area contributed by atoms with Crippen molar-refractivity contribution >= 4 is 22.1 Å². The van der Waals surface area contributed by atoms with Gasteiger partial charge in [0.2, 0.25) is 4.77 Å². The third-order valence-corrected chi connectivity index (χ3v) is 7.10. The maximum absolute atomic E-state index is 11.7. The second-order valence-corrected chi connectivity index (χ2v) is 9.02. The van der Waals surface area contributed by atoms with Gasteiger partial charge in [-0.1, -0.05) is 6.42 Å². The summed E-state index contributed by atoms with van der Waals surface area (Å²) in [7, 11) is -2.84. The van der Waals surface area contributed by atoms with Gasteiger partial charge in [0.25, 0.3) is 0 Å². The Morgan fingerprint density at radius 1 is 1.36 bits per heavy atom. The van der Waals surface area contributed by atoms with Crippen molar-refractivity contribution in [1.29, 1.82) is 0 Å². The molecule has 1 aromatic rings. The summed E-state index contributed by atoms with van der Waals surface area (Å²) >= 11 is 5.59. The van der Waals surface area contributed by atoms with E-state index in [1.54, 1.807) is 0 Å². The van der Waals surface area contributed by atoms with E-state index in [-0.39, 0.29) is 6.04 Å². The number of nitrogens with zero attached hydrogens (tertiary/aromatic N) is 3. The highest BCUT2D eigenvalue weighted by molar-refractivity contribution is 7.91. The Morgan fingerprint density at radius 3 is 2.86 bits per heavy atom. The van der Waals surface area contributed by atoms with E-state index < -0.39 is 9.84 Å². The van der Waals surface area contributed by atoms with Crippen LogP contribution in [0.15, 0.2) is 0 Å². The molecule has 1 unspecified atom stereocenters. The third kappa shape index (κ3) is 3.28. The van der Waals surface area contributed by atoms with Crippen molar-refractivity contribution in [1.82, 2.24) is 14.3 Å². The Kier molecular flexibility index (Phi) is 4.70. The first-order valence-electron chi connectivity index (χ1n) is 8.21. The second-order valence-electron chi connectivity index (χ2n) is 6.43. The molecule has 0 bridgehead atoms. The molecule has 2 atom stereocenters. The fourth-order valence-corrected chi connectivity index (χ4v) is 5.69. The van der Waals surface area contributed by atoms with E-state index in [1.165, 1.54) is 17.7 Å². The van der Waals surface area contributed by atoms with Crippen molar-refractivity contribution in [2.75, 3.05) is 18.1 Å². The lowest BCUT2D eigenvalue weighted by Crippen LogP contribution is -3.15. The average Bonchev–Trinajstić information content (AvgIpc) is 2.87. The van der Waals surface area contributed by atoms with Crippen molar-refractivity contribution in [2.45, 2.75) is 58.3 Å². The molecule has 2 aliphatic rings. The van der Waals surface area contributed by atoms with Gasteiger partial charge in [-0.05, 0) is 32.0 Å². The van der Waals surface area contributed by atoms with Crippen molar-refractivity contribution < 1.29 is 13.3 Å². The molecule has 2 aliphatic heterocycles. The zero-order chi connectivity index (χ0) is 15.7. The first-order valence-corrected chi connectivity index (χ1v) is 10.4. The van der Waals surface area contributed by atoms with Gasteiger partial charge in [0.15, 0.2) is 16.5 Å². The zero-order valence-corrected chi connectivity index (χ0v) is 14.8. The van der Waals surface area contributed by atoms with Gasteiger partial charge >= 0.3 is 0 Å². The van der Waals surface area contributed by atoms with Gasteiger partial charge in [-0.2, -0.15) is 9.78 Å². The van der Waals surface area contributed by atoms with E-state index in [2.05, 4.69) is 11.5 Å². The highest BCUT2D eigenvalue weighted by Crippen LogP contribution is 2.14. The van der Waals surface area contributed by atoms with Crippen molar-refractivity contribution in [3.05, 3.63) is 10.6 Å². The maximum Gasteiger partial charge on any atom is 0.202 e. The van der Waals surface area contributed by atoms with Gasteiger partial charge in [0, 0.05) is 19.4 Å². The monoisotopic (exact) mass is 345 g/mol. The molecule has 0 spiro atoms. The fraction of sp³-hybridized carbons (Fsp3) is 0.857. The lowest BCUT2D eigenvalue weighted by molar-refractivity contribution is -0.943. The van der Waals surface area contributed by atoms with E-state index in [0.29, 0.717) is 18.2 Å². The van der Waals surface area contributed by atoms with Crippen LogP contribution in [-0.2, 0) is 29.5 Å². The van der Waals surface area contributed by atoms with Crippen LogP contribution in [0.5, 0.6) is 0 Å². The number of rotatable bonds is 4. The molecule has 3 heterocycles. The predicted molar refractivity (Wildman–Crippen MR) is 87.2 cm³/mol. The van der Waals surface area contributed by atoms with Crippen LogP contribution in [0.25, 0.3) is 0 Å². The summed E-state index contributed by atoms with van der Waals surface area (Å²) in [6, 6.07) is 0.179. The standard InChI is InChI=1S/C14H24N4O2S2/c1-2-16(12-7-9-22(19,20)10-12)11-18-14(21)17-8-5-3-4-6-13(17)15-18/h12H,2-11H2,1H3/p+1/t12-/m1/s1. The largest absolute Gasteiger partial charge is 0.313 e. The van der Waals surface area contributed by atoms with Gasteiger partial charge in [0.1, 0.15) is 17.6 Å². The molecule has 0 amide bonds. The van der Waals surface area contributed by atoms with Crippen LogP contribution >= 0.6 is 12.2 Å². The minimum atomic E-state index is -2.84. The molecule has 8 heteroatoms. The Hall–Kier alpha value is -0.730. The molecule has 22 heavy (non-hydrogen) atoms. The first-order chi connectivity index (χ1) is 10.5. The molecule has 1 N–H and O–H groups in total. The molecule has 0 saturated carbocycles. The SMILES string of the molecule is CC[NH+](Cn1nc2n(c1=S)CCCCC2)[C@@H]1CCS(=O)(=O)C1. The molecule has 1 aromatic heterocycles. The number of sulfone groups is 1. The molecular formula is C14H25N4O2S2+. The summed E-state index contributed by atoms with van der Waals surface area (Å²) < 4.78 is 28.3. The third-order valence-electron chi connectivity index (χ3n) is 4.90. The summed E-state index contributed by atoms with van der Waals surface area (Å²) in [6.45, 7) is 4.64. The van der Waals surface area contributed by atoms with E-state index in [4.69, 9.17) is 17.3 Å². The molecular weight excluding hydrogens is 320 g/mol. The molecule has 1 saturated heterocycles. The summed E-state index contributed by atoms with van der Waals surface area (Å²) in [5, 5.41) is 4.71. The van der Waals surface area contributed by atoms with Crippen LogP contribution in [0.3, 0.4) is 0 Å². The number of aromatic nitrogens is 3. The first kappa shape index (κ1) is 16.1. The summed E-state index contributed by atoms with van der Waals surface area (Å²) in [5.74, 6) is 1.72. The smallest absolute Gasteiger partial charge is 0.202 e. The number of quaternary nitrogens is 1. The normalized spacial score (nSPS) is 25.6. The number of fused-ring (bicyclic) bond motifs is 1. The highest BCUT2D eigenvalue weighted by Gasteiger charge is 2.35. The number of nitrogens with one attached hydrogen (secondary N) is 1. The maximum atomic E-state index is 11.7. The van der Waals surface area contributed by atoms with E-state index in [1.807, 2.05) is 4.68 Å². The highest BCUT2D eigenvalue weighted by atomic mass is 32.2. The second kappa shape index (κ2) is 6.41. The van der Waals surface area contributed by atoms with Gasteiger partial charge in [-0.25, -0.2) is 8.42 Å². The van der Waals surface area contributed by atoms with Crippen LogP contribution in [0.2, 0.25) is 0 Å². The molecule has 6 nitrogen and oxygen atoms in total. The molecule has 0 radical (unpaired) electrons. The van der Waals surface area contributed by atoms with Gasteiger partial charge in [0.05, 0.1) is 12.3 Å². The van der Waals surface area contributed by atoms with Gasteiger partial charge in [-0.15, -0.1) is 0 Å². The molecule has 3 rings (SSSR count). The molecule has 1 fully saturated rings. The van der Waals surface area contributed by atoms with E-state index >= 15 is 0 Å². The number of hydrogen-bond donors (Lipinski definition) is 1. The lowest BCUT2D eigenvalue weighted by Gasteiger charge is -2.23. The van der Waals surface area contributed by atoms with E-state index in [9.17, 15) is 8.42 Å². The quantitative estimate of drug-likeness (QED) is 0.792. The van der Waals surface area contributed by atoms with Crippen LogP contribution in [0, 0.1) is 4.77 Å². The van der Waals surface area contributed by atoms with Crippen LogP contribution in [-0.4, -0.2) is 46.9 Å². The fourth-order valence-electron chi connectivity index (χ4n) is 3.57. The Labute approximate surface area is 137 Å². The average molecular weight is 346 g/mol. The minimum absolute atomic E-state index is 0.179. The summed E-state index contributed by atoms with van der Waals surface area (Å²) in [4.78, 5) is 1.27. The Bertz CT molecular complexity index is 692. The Balaban J connectivity index is 1.78. The van der Waals surface area contributed by atoms with Crippen LogP contribution in [0.4, 0.5) is 0 Å². The summed E-state index contributed by atoms with van der Waals surface area (Å²) in [6.07, 6.45) is 5.34. The van der Waals surface area contributed by atoms with Crippen LogP contribution < -0.4 is 4.90 Å². The van der Waals surface area contributed by atoms with Gasteiger partial charge < -0.3 is 9.47 Å². The van der Waals surface area contributed by atoms with Crippen LogP contribution in [0.1, 0.15) is 38.4 Å². The topological polar surface area (TPSA) is 61.3 Å². The molecule has 124 valence electrons. The van der Waals surface area contributed by atoms with Crippen molar-refractivity contribution in [3.8, 4) is 0 Å². The van der Waals surface area contributed by atoms with E-state index in [0.717, 1.165) is 42.9 Å². The predicted octanol–water partition coefficient (Wildman–Crippen LogP) is 0.190. The summed E-state index contributed by atoms with van der Waals surface area (Å²) in [5.41, 5.74) is 0.